The fourth-order valence-corrected chi connectivity index (χ4v) is 2.80. The second kappa shape index (κ2) is 5.34. The van der Waals surface area contributed by atoms with E-state index >= 15 is 0 Å². The van der Waals surface area contributed by atoms with E-state index in [0.717, 1.165) is 33.4 Å². The van der Waals surface area contributed by atoms with E-state index in [1.807, 2.05) is 54.6 Å². The third-order valence-electron chi connectivity index (χ3n) is 4.00. The summed E-state index contributed by atoms with van der Waals surface area (Å²) in [5.74, 6) is 0. The zero-order chi connectivity index (χ0) is 15.8. The van der Waals surface area contributed by atoms with Crippen molar-refractivity contribution >= 4 is 21.8 Å². The van der Waals surface area contributed by atoms with E-state index in [4.69, 9.17) is 5.73 Å². The van der Waals surface area contributed by atoms with Gasteiger partial charge >= 0.3 is 0 Å². The minimum Gasteiger partial charge on any atom is -0.357 e. The number of para-hydroxylation sites is 1. The van der Waals surface area contributed by atoms with Gasteiger partial charge in [-0.05, 0) is 24.3 Å². The van der Waals surface area contributed by atoms with Gasteiger partial charge in [0.2, 0.25) is 0 Å². The lowest BCUT2D eigenvalue weighted by Gasteiger charge is -2.06. The number of aromatic nitrogens is 2. The number of fused-ring (bicyclic) bond motifs is 2. The first-order valence-electron chi connectivity index (χ1n) is 7.47. The van der Waals surface area contributed by atoms with E-state index < -0.39 is 0 Å². The van der Waals surface area contributed by atoms with Crippen LogP contribution in [0.15, 0.2) is 65.5 Å². The van der Waals surface area contributed by atoms with E-state index in [-0.39, 0.29) is 5.43 Å². The van der Waals surface area contributed by atoms with Crippen LogP contribution in [0.25, 0.3) is 33.1 Å². The number of hydrogen-bond donors (Lipinski definition) is 2. The fraction of sp³-hybridized carbons (Fsp3) is 0.0526. The highest BCUT2D eigenvalue weighted by atomic mass is 16.1. The SMILES string of the molecule is NCc1cc(=O)c2cc(-c3ccc4ccccc4n3)ccc2[nH]1. The smallest absolute Gasteiger partial charge is 0.189 e. The predicted octanol–water partition coefficient (Wildman–Crippen LogP) is 3.20. The van der Waals surface area contributed by atoms with Crippen LogP contribution in [0.1, 0.15) is 5.69 Å². The van der Waals surface area contributed by atoms with E-state index in [1.165, 1.54) is 0 Å². The van der Waals surface area contributed by atoms with Crippen LogP contribution in [-0.2, 0) is 6.54 Å². The molecule has 0 unspecified atom stereocenters. The summed E-state index contributed by atoms with van der Waals surface area (Å²) in [5.41, 5.74) is 9.83. The number of hydrogen-bond acceptors (Lipinski definition) is 3. The molecule has 0 atom stereocenters. The number of rotatable bonds is 2. The normalized spacial score (nSPS) is 11.2. The van der Waals surface area contributed by atoms with Gasteiger partial charge in [0.1, 0.15) is 0 Å². The molecule has 2 aromatic heterocycles. The topological polar surface area (TPSA) is 71.8 Å². The van der Waals surface area contributed by atoms with Gasteiger partial charge < -0.3 is 10.7 Å². The second-order valence-corrected chi connectivity index (χ2v) is 5.51. The number of nitrogens with two attached hydrogens (primary N) is 1. The summed E-state index contributed by atoms with van der Waals surface area (Å²) in [7, 11) is 0. The minimum atomic E-state index is -0.0261. The first kappa shape index (κ1) is 13.7. The highest BCUT2D eigenvalue weighted by Crippen LogP contribution is 2.23. The lowest BCUT2D eigenvalue weighted by molar-refractivity contribution is 1.00. The summed E-state index contributed by atoms with van der Waals surface area (Å²) in [6, 6.07) is 19.3. The third-order valence-corrected chi connectivity index (χ3v) is 4.00. The minimum absolute atomic E-state index is 0.0261. The summed E-state index contributed by atoms with van der Waals surface area (Å²) in [5, 5.41) is 1.75. The Hall–Kier alpha value is -2.98. The van der Waals surface area contributed by atoms with E-state index in [2.05, 4.69) is 9.97 Å². The van der Waals surface area contributed by atoms with Crippen LogP contribution in [0.4, 0.5) is 0 Å². The number of benzene rings is 2. The van der Waals surface area contributed by atoms with Gasteiger partial charge in [-0.25, -0.2) is 4.98 Å². The number of pyridine rings is 2. The van der Waals surface area contributed by atoms with Crippen LogP contribution in [0.5, 0.6) is 0 Å². The lowest BCUT2D eigenvalue weighted by Crippen LogP contribution is -2.08. The molecule has 4 aromatic rings. The van der Waals surface area contributed by atoms with Crippen molar-refractivity contribution in [3.8, 4) is 11.3 Å². The van der Waals surface area contributed by atoms with Gasteiger partial charge in [0, 0.05) is 40.2 Å². The Kier molecular flexibility index (Phi) is 3.17. The van der Waals surface area contributed by atoms with Gasteiger partial charge in [0.15, 0.2) is 5.43 Å². The maximum Gasteiger partial charge on any atom is 0.189 e. The number of H-pyrrole nitrogens is 1. The highest BCUT2D eigenvalue weighted by Gasteiger charge is 2.06. The van der Waals surface area contributed by atoms with Crippen molar-refractivity contribution in [1.29, 1.82) is 0 Å². The quantitative estimate of drug-likeness (QED) is 0.597. The van der Waals surface area contributed by atoms with Crippen molar-refractivity contribution in [2.45, 2.75) is 6.54 Å². The summed E-state index contributed by atoms with van der Waals surface area (Å²) < 4.78 is 0. The molecule has 0 saturated carbocycles. The molecular formula is C19H15N3O. The number of aromatic amines is 1. The Morgan fingerprint density at radius 2 is 1.87 bits per heavy atom. The van der Waals surface area contributed by atoms with Crippen molar-refractivity contribution < 1.29 is 0 Å². The van der Waals surface area contributed by atoms with Crippen molar-refractivity contribution in [3.63, 3.8) is 0 Å². The van der Waals surface area contributed by atoms with Crippen molar-refractivity contribution in [2.75, 3.05) is 0 Å². The molecule has 0 radical (unpaired) electrons. The molecule has 4 rings (SSSR count). The maximum atomic E-state index is 12.3. The summed E-state index contributed by atoms with van der Waals surface area (Å²) in [4.78, 5) is 20.1. The first-order chi connectivity index (χ1) is 11.2. The van der Waals surface area contributed by atoms with Crippen LogP contribution >= 0.6 is 0 Å². The summed E-state index contributed by atoms with van der Waals surface area (Å²) in [6.07, 6.45) is 0. The average Bonchev–Trinajstić information content (AvgIpc) is 2.61. The van der Waals surface area contributed by atoms with Crippen LogP contribution in [0.2, 0.25) is 0 Å². The zero-order valence-corrected chi connectivity index (χ0v) is 12.4. The van der Waals surface area contributed by atoms with Gasteiger partial charge in [-0.3, -0.25) is 4.79 Å². The van der Waals surface area contributed by atoms with Gasteiger partial charge in [-0.1, -0.05) is 30.3 Å². The third kappa shape index (κ3) is 2.39. The number of nitrogens with one attached hydrogen (secondary N) is 1. The number of nitrogens with zero attached hydrogens (tertiary/aromatic N) is 1. The van der Waals surface area contributed by atoms with E-state index in [0.29, 0.717) is 11.9 Å². The molecule has 0 spiro atoms. The molecule has 2 heterocycles. The van der Waals surface area contributed by atoms with Crippen molar-refractivity contribution in [1.82, 2.24) is 9.97 Å². The Labute approximate surface area is 132 Å². The Bertz CT molecular complexity index is 1080. The monoisotopic (exact) mass is 301 g/mol. The standard InChI is InChI=1S/C19H15N3O/c20-11-14-10-19(23)15-9-13(6-8-18(15)21-14)17-7-5-12-3-1-2-4-16(12)22-17/h1-10H,11,20H2,(H,21,23). The van der Waals surface area contributed by atoms with Crippen molar-refractivity contribution in [2.24, 2.45) is 5.73 Å². The van der Waals surface area contributed by atoms with E-state index in [1.54, 1.807) is 6.07 Å². The van der Waals surface area contributed by atoms with Gasteiger partial charge in [-0.2, -0.15) is 0 Å². The Balaban J connectivity index is 1.90. The molecule has 0 amide bonds. The maximum absolute atomic E-state index is 12.3. The van der Waals surface area contributed by atoms with Crippen LogP contribution in [-0.4, -0.2) is 9.97 Å². The molecule has 0 aliphatic rings. The highest BCUT2D eigenvalue weighted by molar-refractivity contribution is 5.86. The molecule has 3 N–H and O–H groups in total. The summed E-state index contributed by atoms with van der Waals surface area (Å²) in [6.45, 7) is 0.319. The van der Waals surface area contributed by atoms with Gasteiger partial charge in [-0.15, -0.1) is 0 Å². The van der Waals surface area contributed by atoms with Crippen LogP contribution in [0.3, 0.4) is 0 Å². The molecule has 23 heavy (non-hydrogen) atoms. The molecule has 4 nitrogen and oxygen atoms in total. The molecule has 2 aromatic carbocycles. The lowest BCUT2D eigenvalue weighted by atomic mass is 10.1. The van der Waals surface area contributed by atoms with Crippen LogP contribution in [0, 0.1) is 0 Å². The molecule has 0 bridgehead atoms. The average molecular weight is 301 g/mol. The predicted molar refractivity (Wildman–Crippen MR) is 93.2 cm³/mol. The zero-order valence-electron chi connectivity index (χ0n) is 12.4. The molecular weight excluding hydrogens is 286 g/mol. The molecule has 112 valence electrons. The van der Waals surface area contributed by atoms with E-state index in [9.17, 15) is 4.79 Å². The fourth-order valence-electron chi connectivity index (χ4n) is 2.80. The second-order valence-electron chi connectivity index (χ2n) is 5.51. The van der Waals surface area contributed by atoms with Crippen LogP contribution < -0.4 is 11.2 Å². The van der Waals surface area contributed by atoms with Gasteiger partial charge in [0.25, 0.3) is 0 Å². The van der Waals surface area contributed by atoms with Crippen molar-refractivity contribution in [3.05, 3.63) is 76.6 Å². The molecule has 0 aliphatic heterocycles. The largest absolute Gasteiger partial charge is 0.357 e. The van der Waals surface area contributed by atoms with Gasteiger partial charge in [0.05, 0.1) is 11.2 Å². The Morgan fingerprint density at radius 3 is 2.74 bits per heavy atom. The molecule has 4 heteroatoms. The molecule has 0 aliphatic carbocycles. The Morgan fingerprint density at radius 1 is 1.00 bits per heavy atom. The molecule has 0 fully saturated rings. The first-order valence-corrected chi connectivity index (χ1v) is 7.47. The molecule has 0 saturated heterocycles. The summed E-state index contributed by atoms with van der Waals surface area (Å²) >= 11 is 0.